The summed E-state index contributed by atoms with van der Waals surface area (Å²) in [6.45, 7) is 6.91. The SMILES string of the molecule is CCOCCOC(=O)CC(=O)C=Cc1ccc(OCC(C)C(=O)OCC)cc1. The van der Waals surface area contributed by atoms with Gasteiger partial charge in [-0.3, -0.25) is 14.4 Å². The Morgan fingerprint density at radius 3 is 2.36 bits per heavy atom. The predicted octanol–water partition coefficient (Wildman–Crippen LogP) is 2.82. The van der Waals surface area contributed by atoms with E-state index in [0.29, 0.717) is 25.6 Å². The van der Waals surface area contributed by atoms with Crippen molar-refractivity contribution >= 4 is 23.8 Å². The van der Waals surface area contributed by atoms with Crippen LogP contribution in [0, 0.1) is 5.92 Å². The van der Waals surface area contributed by atoms with E-state index in [1.807, 2.05) is 6.92 Å². The molecule has 0 radical (unpaired) electrons. The molecule has 28 heavy (non-hydrogen) atoms. The summed E-state index contributed by atoms with van der Waals surface area (Å²) in [6, 6.07) is 7.02. The van der Waals surface area contributed by atoms with E-state index in [1.54, 1.807) is 44.2 Å². The van der Waals surface area contributed by atoms with Crippen LogP contribution in [-0.4, -0.2) is 50.8 Å². The molecule has 0 aromatic heterocycles. The second-order valence-corrected chi connectivity index (χ2v) is 5.93. The Labute approximate surface area is 165 Å². The van der Waals surface area contributed by atoms with Crippen molar-refractivity contribution < 1.29 is 33.3 Å². The van der Waals surface area contributed by atoms with Gasteiger partial charge in [0.1, 0.15) is 25.4 Å². The first-order valence-electron chi connectivity index (χ1n) is 9.30. The zero-order valence-electron chi connectivity index (χ0n) is 16.6. The summed E-state index contributed by atoms with van der Waals surface area (Å²) in [5, 5.41) is 0. The van der Waals surface area contributed by atoms with Gasteiger partial charge >= 0.3 is 11.9 Å². The molecule has 7 nitrogen and oxygen atoms in total. The van der Waals surface area contributed by atoms with E-state index in [9.17, 15) is 14.4 Å². The van der Waals surface area contributed by atoms with Crippen LogP contribution in [0.25, 0.3) is 6.08 Å². The Morgan fingerprint density at radius 1 is 1.00 bits per heavy atom. The quantitative estimate of drug-likeness (QED) is 0.221. The molecule has 0 aliphatic heterocycles. The molecule has 7 heteroatoms. The lowest BCUT2D eigenvalue weighted by atomic mass is 10.1. The topological polar surface area (TPSA) is 88.1 Å². The van der Waals surface area contributed by atoms with E-state index in [4.69, 9.17) is 18.9 Å². The minimum Gasteiger partial charge on any atom is -0.493 e. The summed E-state index contributed by atoms with van der Waals surface area (Å²) in [5.41, 5.74) is 0.781. The van der Waals surface area contributed by atoms with Crippen LogP contribution in [0.5, 0.6) is 5.75 Å². The van der Waals surface area contributed by atoms with Crippen molar-refractivity contribution in [3.63, 3.8) is 0 Å². The Hall–Kier alpha value is -2.67. The number of ether oxygens (including phenoxy) is 4. The van der Waals surface area contributed by atoms with Crippen molar-refractivity contribution in [2.45, 2.75) is 27.2 Å². The summed E-state index contributed by atoms with van der Waals surface area (Å²) in [7, 11) is 0. The number of carbonyl (C=O) groups is 3. The normalized spacial score (nSPS) is 11.8. The third-order valence-corrected chi connectivity index (χ3v) is 3.54. The van der Waals surface area contributed by atoms with Crippen molar-refractivity contribution in [1.29, 1.82) is 0 Å². The molecule has 0 amide bonds. The van der Waals surface area contributed by atoms with E-state index in [2.05, 4.69) is 0 Å². The monoisotopic (exact) mass is 392 g/mol. The van der Waals surface area contributed by atoms with Gasteiger partial charge in [-0.2, -0.15) is 0 Å². The maximum Gasteiger partial charge on any atom is 0.313 e. The molecule has 1 unspecified atom stereocenters. The number of benzene rings is 1. The minimum absolute atomic E-state index is 0.139. The molecular formula is C21H28O7. The average molecular weight is 392 g/mol. The lowest BCUT2D eigenvalue weighted by Crippen LogP contribution is -2.21. The average Bonchev–Trinajstić information content (AvgIpc) is 2.68. The zero-order valence-corrected chi connectivity index (χ0v) is 16.6. The van der Waals surface area contributed by atoms with E-state index in [0.717, 1.165) is 5.56 Å². The number of allylic oxidation sites excluding steroid dienone is 1. The maximum atomic E-state index is 11.8. The van der Waals surface area contributed by atoms with Gasteiger partial charge in [-0.15, -0.1) is 0 Å². The maximum absolute atomic E-state index is 11.8. The van der Waals surface area contributed by atoms with Crippen molar-refractivity contribution in [2.75, 3.05) is 33.0 Å². The van der Waals surface area contributed by atoms with Crippen LogP contribution in [0.3, 0.4) is 0 Å². The van der Waals surface area contributed by atoms with Gasteiger partial charge in [0.25, 0.3) is 0 Å². The third kappa shape index (κ3) is 9.87. The Bertz CT molecular complexity index is 649. The number of rotatable bonds is 13. The van der Waals surface area contributed by atoms with Gasteiger partial charge in [0.15, 0.2) is 5.78 Å². The smallest absolute Gasteiger partial charge is 0.313 e. The van der Waals surface area contributed by atoms with Gasteiger partial charge in [0, 0.05) is 6.61 Å². The molecule has 1 aromatic carbocycles. The lowest BCUT2D eigenvalue weighted by molar-refractivity contribution is -0.148. The first kappa shape index (κ1) is 23.4. The molecule has 1 rings (SSSR count). The highest BCUT2D eigenvalue weighted by Gasteiger charge is 2.14. The number of carbonyl (C=O) groups excluding carboxylic acids is 3. The molecule has 0 heterocycles. The number of hydrogen-bond acceptors (Lipinski definition) is 7. The standard InChI is InChI=1S/C21H28O7/c1-4-25-12-13-27-20(23)14-18(22)9-6-17-7-10-19(11-8-17)28-15-16(3)21(24)26-5-2/h6-11,16H,4-5,12-15H2,1-3H3. The van der Waals surface area contributed by atoms with Crippen molar-refractivity contribution in [3.8, 4) is 5.75 Å². The summed E-state index contributed by atoms with van der Waals surface area (Å²) in [5.74, 6) is -0.960. The fourth-order valence-corrected chi connectivity index (χ4v) is 2.05. The van der Waals surface area contributed by atoms with Gasteiger partial charge in [0.05, 0.1) is 19.1 Å². The summed E-state index contributed by atoms with van der Waals surface area (Å²) in [4.78, 5) is 34.8. The highest BCUT2D eigenvalue weighted by molar-refractivity contribution is 6.03. The Kier molecular flexibility index (Phi) is 11.3. The van der Waals surface area contributed by atoms with Crippen LogP contribution >= 0.6 is 0 Å². The van der Waals surface area contributed by atoms with Crippen LogP contribution in [0.4, 0.5) is 0 Å². The Morgan fingerprint density at radius 2 is 1.71 bits per heavy atom. The molecule has 0 saturated carbocycles. The molecular weight excluding hydrogens is 364 g/mol. The van der Waals surface area contributed by atoms with Crippen molar-refractivity contribution in [2.24, 2.45) is 5.92 Å². The molecule has 0 N–H and O–H groups in total. The van der Waals surface area contributed by atoms with Crippen LogP contribution in [0.1, 0.15) is 32.8 Å². The summed E-state index contributed by atoms with van der Waals surface area (Å²) < 4.78 is 20.4. The molecule has 0 fully saturated rings. The van der Waals surface area contributed by atoms with Gasteiger partial charge in [-0.05, 0) is 44.5 Å². The zero-order chi connectivity index (χ0) is 20.8. The second-order valence-electron chi connectivity index (χ2n) is 5.93. The number of hydrogen-bond donors (Lipinski definition) is 0. The van der Waals surface area contributed by atoms with Crippen LogP contribution < -0.4 is 4.74 Å². The van der Waals surface area contributed by atoms with Crippen LogP contribution in [-0.2, 0) is 28.6 Å². The van der Waals surface area contributed by atoms with Gasteiger partial charge in [0.2, 0.25) is 0 Å². The van der Waals surface area contributed by atoms with Gasteiger partial charge < -0.3 is 18.9 Å². The predicted molar refractivity (Wildman–Crippen MR) is 104 cm³/mol. The van der Waals surface area contributed by atoms with Gasteiger partial charge in [-0.25, -0.2) is 0 Å². The second kappa shape index (κ2) is 13.5. The molecule has 0 aliphatic carbocycles. The molecule has 154 valence electrons. The number of esters is 2. The van der Waals surface area contributed by atoms with E-state index in [-0.39, 0.29) is 37.3 Å². The van der Waals surface area contributed by atoms with E-state index in [1.165, 1.54) is 6.08 Å². The highest BCUT2D eigenvalue weighted by Crippen LogP contribution is 2.15. The fraction of sp³-hybridized carbons (Fsp3) is 0.476. The summed E-state index contributed by atoms with van der Waals surface area (Å²) in [6.07, 6.45) is 2.64. The van der Waals surface area contributed by atoms with E-state index >= 15 is 0 Å². The van der Waals surface area contributed by atoms with Crippen LogP contribution in [0.15, 0.2) is 30.3 Å². The molecule has 0 bridgehead atoms. The molecule has 0 aliphatic rings. The molecule has 0 spiro atoms. The van der Waals surface area contributed by atoms with E-state index < -0.39 is 5.97 Å². The molecule has 1 atom stereocenters. The first-order valence-corrected chi connectivity index (χ1v) is 9.30. The first-order chi connectivity index (χ1) is 13.5. The lowest BCUT2D eigenvalue weighted by Gasteiger charge is -2.12. The van der Waals surface area contributed by atoms with Crippen molar-refractivity contribution in [1.82, 2.24) is 0 Å². The number of ketones is 1. The fourth-order valence-electron chi connectivity index (χ4n) is 2.05. The molecule has 1 aromatic rings. The Balaban J connectivity index is 2.39. The van der Waals surface area contributed by atoms with Crippen LogP contribution in [0.2, 0.25) is 0 Å². The van der Waals surface area contributed by atoms with Gasteiger partial charge in [-0.1, -0.05) is 18.2 Å². The van der Waals surface area contributed by atoms with Crippen molar-refractivity contribution in [3.05, 3.63) is 35.9 Å². The molecule has 0 saturated heterocycles. The summed E-state index contributed by atoms with van der Waals surface area (Å²) >= 11 is 0. The minimum atomic E-state index is -0.575. The third-order valence-electron chi connectivity index (χ3n) is 3.54. The largest absolute Gasteiger partial charge is 0.493 e. The highest BCUT2D eigenvalue weighted by atomic mass is 16.6.